The molecule has 0 aromatic carbocycles. The number of aliphatic hydroxyl groups is 1. The highest BCUT2D eigenvalue weighted by Gasteiger charge is 2.00. The Labute approximate surface area is 82.8 Å². The normalized spacial score (nSPS) is 13.1. The molecule has 0 aliphatic rings. The summed E-state index contributed by atoms with van der Waals surface area (Å²) in [5, 5.41) is 15.1. The van der Waals surface area contributed by atoms with Gasteiger partial charge in [-0.3, -0.25) is 0 Å². The Morgan fingerprint density at radius 3 is 3.15 bits per heavy atom. The van der Waals surface area contributed by atoms with E-state index in [9.17, 15) is 0 Å². The molecule has 74 valence electrons. The lowest BCUT2D eigenvalue weighted by molar-refractivity contribution is 0.260. The van der Waals surface area contributed by atoms with Crippen molar-refractivity contribution in [1.29, 1.82) is 0 Å². The van der Waals surface area contributed by atoms with E-state index in [2.05, 4.69) is 17.2 Å². The van der Waals surface area contributed by atoms with Crippen LogP contribution in [0, 0.1) is 5.92 Å². The Balaban J connectivity index is 2.07. The molecule has 0 radical (unpaired) electrons. The maximum absolute atomic E-state index is 8.68. The molecule has 1 aromatic heterocycles. The van der Waals surface area contributed by atoms with Gasteiger partial charge in [0.05, 0.1) is 0 Å². The fourth-order valence-corrected chi connectivity index (χ4v) is 1.67. The van der Waals surface area contributed by atoms with E-state index in [0.717, 1.165) is 24.5 Å². The highest BCUT2D eigenvalue weighted by molar-refractivity contribution is 7.09. The SMILES string of the molecule is CC(CCO)CNCc1nccs1. The van der Waals surface area contributed by atoms with Gasteiger partial charge in [0.2, 0.25) is 0 Å². The predicted molar refractivity (Wildman–Crippen MR) is 54.7 cm³/mol. The van der Waals surface area contributed by atoms with Crippen molar-refractivity contribution in [2.45, 2.75) is 19.9 Å². The first-order chi connectivity index (χ1) is 6.33. The van der Waals surface area contributed by atoms with Crippen molar-refractivity contribution in [3.05, 3.63) is 16.6 Å². The zero-order valence-electron chi connectivity index (χ0n) is 7.86. The summed E-state index contributed by atoms with van der Waals surface area (Å²) in [6, 6.07) is 0. The van der Waals surface area contributed by atoms with Crippen molar-refractivity contribution in [3.63, 3.8) is 0 Å². The minimum Gasteiger partial charge on any atom is -0.396 e. The number of thiazole rings is 1. The minimum absolute atomic E-state index is 0.278. The Kier molecular flexibility index (Phi) is 4.97. The third-order valence-corrected chi connectivity index (χ3v) is 2.65. The number of aromatic nitrogens is 1. The zero-order valence-corrected chi connectivity index (χ0v) is 8.68. The molecular weight excluding hydrogens is 184 g/mol. The molecular formula is C9H16N2OS. The second-order valence-electron chi connectivity index (χ2n) is 3.17. The van der Waals surface area contributed by atoms with Crippen molar-refractivity contribution in [2.24, 2.45) is 5.92 Å². The molecule has 0 saturated heterocycles. The Morgan fingerprint density at radius 1 is 1.69 bits per heavy atom. The molecule has 1 heterocycles. The van der Waals surface area contributed by atoms with Crippen LogP contribution in [0.4, 0.5) is 0 Å². The fraction of sp³-hybridized carbons (Fsp3) is 0.667. The molecule has 4 heteroatoms. The lowest BCUT2D eigenvalue weighted by Crippen LogP contribution is -2.21. The molecule has 2 N–H and O–H groups in total. The molecule has 1 rings (SSSR count). The lowest BCUT2D eigenvalue weighted by atomic mass is 10.1. The first-order valence-electron chi connectivity index (χ1n) is 4.53. The second kappa shape index (κ2) is 6.07. The molecule has 0 saturated carbocycles. The first kappa shape index (κ1) is 10.6. The van der Waals surface area contributed by atoms with Crippen molar-refractivity contribution >= 4 is 11.3 Å². The van der Waals surface area contributed by atoms with Crippen LogP contribution < -0.4 is 5.32 Å². The predicted octanol–water partition coefficient (Wildman–Crippen LogP) is 1.25. The van der Waals surface area contributed by atoms with Crippen LogP contribution in [0.5, 0.6) is 0 Å². The number of hydrogen-bond donors (Lipinski definition) is 2. The van der Waals surface area contributed by atoms with Gasteiger partial charge in [0.1, 0.15) is 5.01 Å². The van der Waals surface area contributed by atoms with E-state index >= 15 is 0 Å². The summed E-state index contributed by atoms with van der Waals surface area (Å²) < 4.78 is 0. The van der Waals surface area contributed by atoms with Gasteiger partial charge in [0.15, 0.2) is 0 Å². The summed E-state index contributed by atoms with van der Waals surface area (Å²) in [5.41, 5.74) is 0. The Morgan fingerprint density at radius 2 is 2.54 bits per heavy atom. The monoisotopic (exact) mass is 200 g/mol. The number of nitrogens with one attached hydrogen (secondary N) is 1. The van der Waals surface area contributed by atoms with Crippen LogP contribution in [-0.2, 0) is 6.54 Å². The van der Waals surface area contributed by atoms with Crippen LogP contribution in [0.3, 0.4) is 0 Å². The highest BCUT2D eigenvalue weighted by atomic mass is 32.1. The van der Waals surface area contributed by atoms with Gasteiger partial charge < -0.3 is 10.4 Å². The maximum atomic E-state index is 8.68. The van der Waals surface area contributed by atoms with Gasteiger partial charge in [0.25, 0.3) is 0 Å². The quantitative estimate of drug-likeness (QED) is 0.726. The Hall–Kier alpha value is -0.450. The number of nitrogens with zero attached hydrogens (tertiary/aromatic N) is 1. The second-order valence-corrected chi connectivity index (χ2v) is 4.15. The zero-order chi connectivity index (χ0) is 9.52. The van der Waals surface area contributed by atoms with Gasteiger partial charge in [0, 0.05) is 24.7 Å². The smallest absolute Gasteiger partial charge is 0.106 e. The van der Waals surface area contributed by atoms with Crippen LogP contribution in [0.1, 0.15) is 18.4 Å². The van der Waals surface area contributed by atoms with Crippen LogP contribution >= 0.6 is 11.3 Å². The topological polar surface area (TPSA) is 45.1 Å². The van der Waals surface area contributed by atoms with E-state index in [4.69, 9.17) is 5.11 Å². The van der Waals surface area contributed by atoms with Gasteiger partial charge in [-0.25, -0.2) is 4.98 Å². The number of aliphatic hydroxyl groups excluding tert-OH is 1. The summed E-state index contributed by atoms with van der Waals surface area (Å²) in [6.45, 7) is 4.19. The van der Waals surface area contributed by atoms with Crippen molar-refractivity contribution in [2.75, 3.05) is 13.2 Å². The van der Waals surface area contributed by atoms with Crippen molar-refractivity contribution in [1.82, 2.24) is 10.3 Å². The van der Waals surface area contributed by atoms with Gasteiger partial charge in [-0.2, -0.15) is 0 Å². The number of rotatable bonds is 6. The molecule has 3 nitrogen and oxygen atoms in total. The Bertz CT molecular complexity index is 213. The molecule has 0 amide bonds. The summed E-state index contributed by atoms with van der Waals surface area (Å²) in [6.07, 6.45) is 2.68. The molecule has 1 unspecified atom stereocenters. The average Bonchev–Trinajstić information content (AvgIpc) is 2.57. The molecule has 0 fully saturated rings. The highest BCUT2D eigenvalue weighted by Crippen LogP contribution is 2.04. The average molecular weight is 200 g/mol. The van der Waals surface area contributed by atoms with Gasteiger partial charge >= 0.3 is 0 Å². The summed E-state index contributed by atoms with van der Waals surface area (Å²) in [5.74, 6) is 0.532. The van der Waals surface area contributed by atoms with Crippen LogP contribution in [-0.4, -0.2) is 23.2 Å². The molecule has 0 aliphatic heterocycles. The van der Waals surface area contributed by atoms with Crippen LogP contribution in [0.2, 0.25) is 0 Å². The van der Waals surface area contributed by atoms with Crippen LogP contribution in [0.15, 0.2) is 11.6 Å². The molecule has 1 atom stereocenters. The lowest BCUT2D eigenvalue weighted by Gasteiger charge is -2.09. The van der Waals surface area contributed by atoms with Crippen LogP contribution in [0.25, 0.3) is 0 Å². The summed E-state index contributed by atoms with van der Waals surface area (Å²) in [7, 11) is 0. The van der Waals surface area contributed by atoms with E-state index in [1.54, 1.807) is 11.3 Å². The van der Waals surface area contributed by atoms with Gasteiger partial charge in [-0.1, -0.05) is 6.92 Å². The van der Waals surface area contributed by atoms with E-state index in [0.29, 0.717) is 5.92 Å². The minimum atomic E-state index is 0.278. The number of hydrogen-bond acceptors (Lipinski definition) is 4. The maximum Gasteiger partial charge on any atom is 0.106 e. The third-order valence-electron chi connectivity index (χ3n) is 1.87. The molecule has 0 aliphatic carbocycles. The standard InChI is InChI=1S/C9H16N2OS/c1-8(2-4-12)6-10-7-9-11-3-5-13-9/h3,5,8,10,12H,2,4,6-7H2,1H3. The fourth-order valence-electron chi connectivity index (χ4n) is 1.09. The molecule has 13 heavy (non-hydrogen) atoms. The van der Waals surface area contributed by atoms with E-state index in [1.165, 1.54) is 0 Å². The van der Waals surface area contributed by atoms with E-state index in [-0.39, 0.29) is 6.61 Å². The molecule has 1 aromatic rings. The van der Waals surface area contributed by atoms with E-state index in [1.807, 2.05) is 11.6 Å². The third kappa shape index (κ3) is 4.36. The summed E-state index contributed by atoms with van der Waals surface area (Å²) in [4.78, 5) is 4.17. The first-order valence-corrected chi connectivity index (χ1v) is 5.41. The van der Waals surface area contributed by atoms with Gasteiger partial charge in [-0.05, 0) is 18.9 Å². The van der Waals surface area contributed by atoms with E-state index < -0.39 is 0 Å². The van der Waals surface area contributed by atoms with Gasteiger partial charge in [-0.15, -0.1) is 11.3 Å². The summed E-state index contributed by atoms with van der Waals surface area (Å²) >= 11 is 1.66. The molecule has 0 bridgehead atoms. The van der Waals surface area contributed by atoms with Crippen molar-refractivity contribution in [3.8, 4) is 0 Å². The largest absolute Gasteiger partial charge is 0.396 e. The van der Waals surface area contributed by atoms with Crippen molar-refractivity contribution < 1.29 is 5.11 Å². The molecule has 0 spiro atoms.